The van der Waals surface area contributed by atoms with Crippen molar-refractivity contribution in [2.45, 2.75) is 6.18 Å². The predicted octanol–water partition coefficient (Wildman–Crippen LogP) is 0.114. The molecule has 0 rings (SSSR count). The Bertz CT molecular complexity index is 236. The molecule has 0 aromatic heterocycles. The molecule has 8 heteroatoms. The van der Waals surface area contributed by atoms with Crippen molar-refractivity contribution in [3.8, 4) is 0 Å². The Hall–Kier alpha value is -0.340. The van der Waals surface area contributed by atoms with Gasteiger partial charge in [0.2, 0.25) is 0 Å². The molecule has 0 saturated carbocycles. The zero-order chi connectivity index (χ0) is 10.5. The summed E-state index contributed by atoms with van der Waals surface area (Å²) < 4.78 is 55.2. The number of halogens is 3. The van der Waals surface area contributed by atoms with E-state index in [1.165, 1.54) is 0 Å². The first-order chi connectivity index (χ1) is 5.71. The third kappa shape index (κ3) is 11.7. The number of hydroxylamine groups is 1. The van der Waals surface area contributed by atoms with Crippen LogP contribution in [0.15, 0.2) is 0 Å². The second-order valence-corrected chi connectivity index (χ2v) is 4.69. The number of hydrogen-bond donors (Lipinski definition) is 1. The zero-order valence-electron chi connectivity index (χ0n) is 6.89. The van der Waals surface area contributed by atoms with Crippen molar-refractivity contribution in [1.29, 1.82) is 0 Å². The van der Waals surface area contributed by atoms with Crippen molar-refractivity contribution in [2.75, 3.05) is 25.2 Å². The highest BCUT2D eigenvalue weighted by Gasteiger charge is 2.27. The van der Waals surface area contributed by atoms with E-state index in [-0.39, 0.29) is 12.3 Å². The summed E-state index contributed by atoms with van der Waals surface area (Å²) >= 11 is 0. The highest BCUT2D eigenvalue weighted by molar-refractivity contribution is 7.90. The van der Waals surface area contributed by atoms with Gasteiger partial charge in [-0.25, -0.2) is 13.9 Å². The van der Waals surface area contributed by atoms with E-state index in [1.54, 1.807) is 0 Å². The molecule has 0 spiro atoms. The van der Waals surface area contributed by atoms with E-state index in [0.29, 0.717) is 0 Å². The molecule has 0 saturated heterocycles. The third-order valence-corrected chi connectivity index (χ3v) is 1.86. The van der Waals surface area contributed by atoms with Crippen LogP contribution in [-0.4, -0.2) is 39.8 Å². The van der Waals surface area contributed by atoms with Crippen LogP contribution in [0, 0.1) is 0 Å². The van der Waals surface area contributed by atoms with E-state index >= 15 is 0 Å². The molecule has 0 radical (unpaired) electrons. The van der Waals surface area contributed by atoms with E-state index in [1.807, 2.05) is 5.48 Å². The molecular weight excluding hydrogens is 211 g/mol. The minimum absolute atomic E-state index is 0.158. The maximum absolute atomic E-state index is 11.4. The van der Waals surface area contributed by atoms with Gasteiger partial charge in [-0.3, -0.25) is 4.84 Å². The zero-order valence-corrected chi connectivity index (χ0v) is 7.70. The SMILES string of the molecule is CS(=O)(=O)CCNOCC(F)(F)F. The Labute approximate surface area is 73.9 Å². The average Bonchev–Trinajstić information content (AvgIpc) is 1.81. The largest absolute Gasteiger partial charge is 0.413 e. The Morgan fingerprint density at radius 1 is 1.38 bits per heavy atom. The first-order valence-electron chi connectivity index (χ1n) is 3.30. The minimum atomic E-state index is -4.40. The van der Waals surface area contributed by atoms with Gasteiger partial charge in [0, 0.05) is 12.8 Å². The fourth-order valence-corrected chi connectivity index (χ4v) is 0.886. The molecule has 1 N–H and O–H groups in total. The second-order valence-electron chi connectivity index (χ2n) is 2.43. The van der Waals surface area contributed by atoms with Gasteiger partial charge in [0.05, 0.1) is 5.75 Å². The summed E-state index contributed by atoms with van der Waals surface area (Å²) in [7, 11) is -3.16. The van der Waals surface area contributed by atoms with Gasteiger partial charge in [-0.15, -0.1) is 0 Å². The van der Waals surface area contributed by atoms with E-state index in [2.05, 4.69) is 4.84 Å². The van der Waals surface area contributed by atoms with Crippen LogP contribution in [0.4, 0.5) is 13.2 Å². The molecule has 4 nitrogen and oxygen atoms in total. The Kier molecular flexibility index (Phi) is 4.65. The first kappa shape index (κ1) is 12.7. The molecule has 0 aliphatic heterocycles. The third-order valence-electron chi connectivity index (χ3n) is 0.913. The summed E-state index contributed by atoms with van der Waals surface area (Å²) in [6, 6.07) is 0. The van der Waals surface area contributed by atoms with Gasteiger partial charge in [-0.2, -0.15) is 13.2 Å². The number of rotatable bonds is 5. The van der Waals surface area contributed by atoms with E-state index in [9.17, 15) is 21.6 Å². The summed E-state index contributed by atoms with van der Waals surface area (Å²) in [5.41, 5.74) is 1.90. The van der Waals surface area contributed by atoms with Crippen molar-refractivity contribution in [3.05, 3.63) is 0 Å². The molecule has 80 valence electrons. The number of nitrogens with one attached hydrogen (secondary N) is 1. The normalized spacial score (nSPS) is 13.2. The number of alkyl halides is 3. The van der Waals surface area contributed by atoms with Crippen LogP contribution in [0.25, 0.3) is 0 Å². The van der Waals surface area contributed by atoms with Crippen LogP contribution in [0.3, 0.4) is 0 Å². The fraction of sp³-hybridized carbons (Fsp3) is 1.00. The molecule has 0 aromatic carbocycles. The van der Waals surface area contributed by atoms with E-state index < -0.39 is 22.6 Å². The standard InChI is InChI=1S/C5H10F3NO3S/c1-13(10,11)3-2-9-12-4-5(6,7)8/h9H,2-4H2,1H3. The summed E-state index contributed by atoms with van der Waals surface area (Å²) in [6.07, 6.45) is -3.42. The van der Waals surface area contributed by atoms with Gasteiger partial charge in [0.25, 0.3) is 0 Å². The molecule has 0 aromatic rings. The van der Waals surface area contributed by atoms with Gasteiger partial charge in [0.15, 0.2) is 6.61 Å². The van der Waals surface area contributed by atoms with Crippen molar-refractivity contribution in [3.63, 3.8) is 0 Å². The molecule has 13 heavy (non-hydrogen) atoms. The van der Waals surface area contributed by atoms with Crippen LogP contribution < -0.4 is 5.48 Å². The predicted molar refractivity (Wildman–Crippen MR) is 39.7 cm³/mol. The van der Waals surface area contributed by atoms with Gasteiger partial charge < -0.3 is 0 Å². The lowest BCUT2D eigenvalue weighted by Gasteiger charge is -2.07. The van der Waals surface area contributed by atoms with Crippen LogP contribution in [0.5, 0.6) is 0 Å². The number of hydrogen-bond acceptors (Lipinski definition) is 4. The molecular formula is C5H10F3NO3S. The van der Waals surface area contributed by atoms with E-state index in [0.717, 1.165) is 6.26 Å². The molecule has 0 aliphatic rings. The Morgan fingerprint density at radius 2 is 1.92 bits per heavy atom. The molecule has 0 heterocycles. The molecule has 0 atom stereocenters. The lowest BCUT2D eigenvalue weighted by molar-refractivity contribution is -0.188. The van der Waals surface area contributed by atoms with Crippen molar-refractivity contribution >= 4 is 9.84 Å². The summed E-state index contributed by atoms with van der Waals surface area (Å²) in [5, 5.41) is 0. The van der Waals surface area contributed by atoms with Gasteiger partial charge >= 0.3 is 6.18 Å². The molecule has 0 unspecified atom stereocenters. The number of sulfone groups is 1. The smallest absolute Gasteiger partial charge is 0.292 e. The molecule has 0 bridgehead atoms. The van der Waals surface area contributed by atoms with Crippen LogP contribution >= 0.6 is 0 Å². The van der Waals surface area contributed by atoms with Crippen LogP contribution in [0.1, 0.15) is 0 Å². The quantitative estimate of drug-likeness (QED) is 0.529. The Morgan fingerprint density at radius 3 is 2.31 bits per heavy atom. The Balaban J connectivity index is 3.39. The van der Waals surface area contributed by atoms with E-state index in [4.69, 9.17) is 0 Å². The van der Waals surface area contributed by atoms with Gasteiger partial charge in [-0.1, -0.05) is 0 Å². The molecule has 0 fully saturated rings. The highest BCUT2D eigenvalue weighted by Crippen LogP contribution is 2.13. The highest BCUT2D eigenvalue weighted by atomic mass is 32.2. The maximum atomic E-state index is 11.4. The fourth-order valence-electron chi connectivity index (χ4n) is 0.432. The van der Waals surface area contributed by atoms with Crippen molar-refractivity contribution < 1.29 is 26.4 Å². The van der Waals surface area contributed by atoms with Crippen LogP contribution in [0.2, 0.25) is 0 Å². The topological polar surface area (TPSA) is 55.4 Å². The van der Waals surface area contributed by atoms with Crippen molar-refractivity contribution in [1.82, 2.24) is 5.48 Å². The summed E-state index contributed by atoms with van der Waals surface area (Å²) in [4.78, 5) is 3.95. The lowest BCUT2D eigenvalue weighted by Crippen LogP contribution is -2.28. The second kappa shape index (κ2) is 4.77. The van der Waals surface area contributed by atoms with Gasteiger partial charge in [0.1, 0.15) is 9.84 Å². The summed E-state index contributed by atoms with van der Waals surface area (Å²) in [6.45, 7) is -1.59. The maximum Gasteiger partial charge on any atom is 0.413 e. The van der Waals surface area contributed by atoms with Crippen LogP contribution in [-0.2, 0) is 14.7 Å². The minimum Gasteiger partial charge on any atom is -0.292 e. The lowest BCUT2D eigenvalue weighted by atomic mass is 10.7. The van der Waals surface area contributed by atoms with Crippen molar-refractivity contribution in [2.24, 2.45) is 0 Å². The van der Waals surface area contributed by atoms with Gasteiger partial charge in [-0.05, 0) is 0 Å². The molecule has 0 amide bonds. The monoisotopic (exact) mass is 221 g/mol. The summed E-state index contributed by atoms with van der Waals surface area (Å²) in [5.74, 6) is -0.259. The first-order valence-corrected chi connectivity index (χ1v) is 5.36. The molecule has 0 aliphatic carbocycles. The average molecular weight is 221 g/mol.